The molecule has 0 spiro atoms. The van der Waals surface area contributed by atoms with Gasteiger partial charge in [0.15, 0.2) is 5.01 Å². The first kappa shape index (κ1) is 13.7. The first-order chi connectivity index (χ1) is 8.93. The van der Waals surface area contributed by atoms with E-state index in [2.05, 4.69) is 4.98 Å². The number of carbonyl (C=O) groups is 1. The number of aromatic nitrogens is 1. The van der Waals surface area contributed by atoms with Gasteiger partial charge in [-0.1, -0.05) is 31.2 Å². The lowest BCUT2D eigenvalue weighted by molar-refractivity contribution is -0.137. The Bertz CT molecular complexity index is 604. The van der Waals surface area contributed by atoms with E-state index < -0.39 is 17.0 Å². The van der Waals surface area contributed by atoms with Crippen molar-refractivity contribution in [1.29, 1.82) is 0 Å². The van der Waals surface area contributed by atoms with Crippen molar-refractivity contribution in [2.75, 3.05) is 0 Å². The zero-order valence-electron chi connectivity index (χ0n) is 9.99. The molecule has 0 fully saturated rings. The maximum absolute atomic E-state index is 12.4. The van der Waals surface area contributed by atoms with Crippen LogP contribution in [-0.4, -0.2) is 10.8 Å². The summed E-state index contributed by atoms with van der Waals surface area (Å²) < 4.78 is 37.3. The Hall–Kier alpha value is -1.69. The molecule has 2 nitrogen and oxygen atoms in total. The van der Waals surface area contributed by atoms with Crippen LogP contribution >= 0.6 is 11.3 Å². The monoisotopic (exact) mass is 285 g/mol. The number of halogens is 3. The summed E-state index contributed by atoms with van der Waals surface area (Å²) in [7, 11) is 0. The number of rotatable bonds is 3. The average Bonchev–Trinajstić information content (AvgIpc) is 2.87. The highest BCUT2D eigenvalue weighted by molar-refractivity contribution is 7.14. The number of alkyl halides is 3. The normalized spacial score (nSPS) is 11.6. The smallest absolute Gasteiger partial charge is 0.288 e. The molecule has 0 unspecified atom stereocenters. The molecule has 19 heavy (non-hydrogen) atoms. The molecular weight excluding hydrogens is 275 g/mol. The molecule has 0 N–H and O–H groups in total. The predicted molar refractivity (Wildman–Crippen MR) is 66.4 cm³/mol. The van der Waals surface area contributed by atoms with Gasteiger partial charge in [-0.3, -0.25) is 4.79 Å². The van der Waals surface area contributed by atoms with Gasteiger partial charge in [0.1, 0.15) is 0 Å². The molecule has 0 bridgehead atoms. The second-order valence-electron chi connectivity index (χ2n) is 3.87. The van der Waals surface area contributed by atoms with E-state index in [0.29, 0.717) is 23.3 Å². The molecule has 2 aromatic rings. The minimum absolute atomic E-state index is 0.00762. The Labute approximate surface area is 111 Å². The number of nitrogens with zero attached hydrogens (tertiary/aromatic N) is 1. The van der Waals surface area contributed by atoms with Crippen molar-refractivity contribution in [3.63, 3.8) is 0 Å². The van der Waals surface area contributed by atoms with Crippen LogP contribution in [0.2, 0.25) is 0 Å². The molecule has 100 valence electrons. The van der Waals surface area contributed by atoms with E-state index in [4.69, 9.17) is 0 Å². The fourth-order valence-electron chi connectivity index (χ4n) is 1.69. The van der Waals surface area contributed by atoms with E-state index in [1.54, 1.807) is 24.3 Å². The van der Waals surface area contributed by atoms with Gasteiger partial charge >= 0.3 is 6.18 Å². The zero-order chi connectivity index (χ0) is 14.0. The number of ketones is 1. The van der Waals surface area contributed by atoms with Gasteiger partial charge in [0, 0.05) is 11.8 Å². The standard InChI is InChI=1S/C13H10F3NOS/c1-2-8-5-3-4-6-9(8)11(18)10-7-17-12(19-10)13(14,15)16/h3-7H,2H2,1H3. The van der Waals surface area contributed by atoms with Crippen molar-refractivity contribution >= 4 is 17.1 Å². The highest BCUT2D eigenvalue weighted by atomic mass is 32.1. The van der Waals surface area contributed by atoms with Crippen molar-refractivity contribution in [3.8, 4) is 0 Å². The lowest BCUT2D eigenvalue weighted by Crippen LogP contribution is -2.04. The van der Waals surface area contributed by atoms with Crippen molar-refractivity contribution in [2.24, 2.45) is 0 Å². The van der Waals surface area contributed by atoms with Crippen LogP contribution in [0, 0.1) is 0 Å². The van der Waals surface area contributed by atoms with Gasteiger partial charge in [0.25, 0.3) is 0 Å². The lowest BCUT2D eigenvalue weighted by atomic mass is 10.0. The Kier molecular flexibility index (Phi) is 3.71. The number of benzene rings is 1. The highest BCUT2D eigenvalue weighted by Gasteiger charge is 2.35. The summed E-state index contributed by atoms with van der Waals surface area (Å²) >= 11 is 0.376. The molecule has 0 radical (unpaired) electrons. The van der Waals surface area contributed by atoms with Gasteiger partial charge in [-0.05, 0) is 12.0 Å². The van der Waals surface area contributed by atoms with E-state index in [1.165, 1.54) is 0 Å². The van der Waals surface area contributed by atoms with Crippen LogP contribution in [0.5, 0.6) is 0 Å². The molecular formula is C13H10F3NOS. The van der Waals surface area contributed by atoms with Gasteiger partial charge in [0.2, 0.25) is 5.78 Å². The summed E-state index contributed by atoms with van der Waals surface area (Å²) in [5, 5.41) is -0.996. The fraction of sp³-hybridized carbons (Fsp3) is 0.231. The largest absolute Gasteiger partial charge is 0.443 e. The Balaban J connectivity index is 2.37. The summed E-state index contributed by atoms with van der Waals surface area (Å²) in [4.78, 5) is 15.4. The van der Waals surface area contributed by atoms with Gasteiger partial charge in [-0.25, -0.2) is 4.98 Å². The topological polar surface area (TPSA) is 30.0 Å². The van der Waals surface area contributed by atoms with Gasteiger partial charge in [-0.15, -0.1) is 11.3 Å². The van der Waals surface area contributed by atoms with Crippen LogP contribution in [0.3, 0.4) is 0 Å². The Morgan fingerprint density at radius 2 is 2.00 bits per heavy atom. The summed E-state index contributed by atoms with van der Waals surface area (Å²) in [6.45, 7) is 1.89. The first-order valence-electron chi connectivity index (χ1n) is 5.59. The van der Waals surface area contributed by atoms with Crippen LogP contribution < -0.4 is 0 Å². The summed E-state index contributed by atoms with van der Waals surface area (Å²) in [6, 6.07) is 6.90. The van der Waals surface area contributed by atoms with E-state index in [9.17, 15) is 18.0 Å². The van der Waals surface area contributed by atoms with Crippen LogP contribution in [0.25, 0.3) is 0 Å². The average molecular weight is 285 g/mol. The Morgan fingerprint density at radius 1 is 1.32 bits per heavy atom. The van der Waals surface area contributed by atoms with E-state index in [0.717, 1.165) is 11.8 Å². The quantitative estimate of drug-likeness (QED) is 0.799. The first-order valence-corrected chi connectivity index (χ1v) is 6.40. The van der Waals surface area contributed by atoms with Crippen molar-refractivity contribution in [2.45, 2.75) is 19.5 Å². The SMILES string of the molecule is CCc1ccccc1C(=O)c1cnc(C(F)(F)F)s1. The number of aryl methyl sites for hydroxylation is 1. The van der Waals surface area contributed by atoms with Crippen LogP contribution in [-0.2, 0) is 12.6 Å². The molecule has 0 aliphatic rings. The van der Waals surface area contributed by atoms with E-state index >= 15 is 0 Å². The second-order valence-corrected chi connectivity index (χ2v) is 4.90. The molecule has 0 saturated carbocycles. The molecule has 2 rings (SSSR count). The molecule has 1 heterocycles. The molecule has 6 heteroatoms. The minimum Gasteiger partial charge on any atom is -0.288 e. The molecule has 1 aromatic heterocycles. The van der Waals surface area contributed by atoms with Gasteiger partial charge in [-0.2, -0.15) is 13.2 Å². The maximum atomic E-state index is 12.4. The zero-order valence-corrected chi connectivity index (χ0v) is 10.8. The molecule has 0 amide bonds. The third-order valence-electron chi connectivity index (χ3n) is 2.61. The van der Waals surface area contributed by atoms with Crippen molar-refractivity contribution < 1.29 is 18.0 Å². The van der Waals surface area contributed by atoms with Crippen LogP contribution in [0.1, 0.15) is 32.7 Å². The van der Waals surface area contributed by atoms with Crippen LogP contribution in [0.4, 0.5) is 13.2 Å². The lowest BCUT2D eigenvalue weighted by Gasteiger charge is -2.04. The third kappa shape index (κ3) is 2.84. The molecule has 0 atom stereocenters. The van der Waals surface area contributed by atoms with Crippen LogP contribution in [0.15, 0.2) is 30.5 Å². The third-order valence-corrected chi connectivity index (χ3v) is 3.66. The molecule has 1 aromatic carbocycles. The number of hydrogen-bond donors (Lipinski definition) is 0. The van der Waals surface area contributed by atoms with E-state index in [1.807, 2.05) is 6.92 Å². The Morgan fingerprint density at radius 3 is 2.58 bits per heavy atom. The highest BCUT2D eigenvalue weighted by Crippen LogP contribution is 2.33. The summed E-state index contributed by atoms with van der Waals surface area (Å²) in [6.07, 6.45) is -2.87. The van der Waals surface area contributed by atoms with E-state index in [-0.39, 0.29) is 4.88 Å². The maximum Gasteiger partial charge on any atom is 0.443 e. The number of carbonyl (C=O) groups excluding carboxylic acids is 1. The number of hydrogen-bond acceptors (Lipinski definition) is 3. The predicted octanol–water partition coefficient (Wildman–Crippen LogP) is 3.96. The minimum atomic E-state index is -4.51. The van der Waals surface area contributed by atoms with Crippen molar-refractivity contribution in [1.82, 2.24) is 4.98 Å². The summed E-state index contributed by atoms with van der Waals surface area (Å²) in [5.41, 5.74) is 1.25. The van der Waals surface area contributed by atoms with Gasteiger partial charge < -0.3 is 0 Å². The second kappa shape index (κ2) is 5.13. The molecule has 0 saturated heterocycles. The molecule has 0 aliphatic carbocycles. The summed E-state index contributed by atoms with van der Waals surface area (Å²) in [5.74, 6) is -0.412. The van der Waals surface area contributed by atoms with Crippen molar-refractivity contribution in [3.05, 3.63) is 51.5 Å². The fourth-order valence-corrected chi connectivity index (χ4v) is 2.43. The number of thiazole rings is 1. The molecule has 0 aliphatic heterocycles. The van der Waals surface area contributed by atoms with Gasteiger partial charge in [0.05, 0.1) is 4.88 Å².